The molecular formula is C14H21N5. The molecule has 5 nitrogen and oxygen atoms in total. The van der Waals surface area contributed by atoms with Gasteiger partial charge in [0.2, 0.25) is 0 Å². The van der Waals surface area contributed by atoms with Crippen LogP contribution in [0.5, 0.6) is 0 Å². The van der Waals surface area contributed by atoms with Gasteiger partial charge in [-0.25, -0.2) is 4.98 Å². The summed E-state index contributed by atoms with van der Waals surface area (Å²) in [5.74, 6) is 1.00. The Bertz CT molecular complexity index is 520. The Kier molecular flexibility index (Phi) is 4.63. The monoisotopic (exact) mass is 259 g/mol. The van der Waals surface area contributed by atoms with E-state index in [1.807, 2.05) is 30.8 Å². The summed E-state index contributed by atoms with van der Waals surface area (Å²) in [4.78, 5) is 8.94. The molecule has 2 rings (SSSR count). The first-order chi connectivity index (χ1) is 9.24. The summed E-state index contributed by atoms with van der Waals surface area (Å²) in [6.07, 6.45) is 3.48. The summed E-state index contributed by atoms with van der Waals surface area (Å²) in [5, 5.41) is 7.57. The molecule has 0 aliphatic carbocycles. The average molecular weight is 259 g/mol. The molecule has 1 atom stereocenters. The number of hydrogen-bond acceptors (Lipinski definition) is 4. The molecule has 0 bridgehead atoms. The van der Waals surface area contributed by atoms with E-state index in [4.69, 9.17) is 0 Å². The highest BCUT2D eigenvalue weighted by atomic mass is 15.3. The summed E-state index contributed by atoms with van der Waals surface area (Å²) in [6.45, 7) is 5.06. The Morgan fingerprint density at radius 3 is 2.89 bits per heavy atom. The van der Waals surface area contributed by atoms with Gasteiger partial charge in [0, 0.05) is 18.7 Å². The maximum atomic E-state index is 4.58. The molecule has 0 radical (unpaired) electrons. The van der Waals surface area contributed by atoms with Crippen LogP contribution >= 0.6 is 0 Å². The Labute approximate surface area is 114 Å². The molecule has 0 aromatic carbocycles. The van der Waals surface area contributed by atoms with Crippen LogP contribution < -0.4 is 5.32 Å². The van der Waals surface area contributed by atoms with Gasteiger partial charge in [0.05, 0.1) is 11.7 Å². The van der Waals surface area contributed by atoms with Crippen molar-refractivity contribution in [3.8, 4) is 0 Å². The van der Waals surface area contributed by atoms with Crippen LogP contribution in [0.2, 0.25) is 0 Å². The second kappa shape index (κ2) is 6.43. The zero-order chi connectivity index (χ0) is 13.7. The van der Waals surface area contributed by atoms with Crippen molar-refractivity contribution in [2.24, 2.45) is 0 Å². The van der Waals surface area contributed by atoms with Crippen LogP contribution in [-0.2, 0) is 13.0 Å². The highest BCUT2D eigenvalue weighted by Gasteiger charge is 2.15. The van der Waals surface area contributed by atoms with Gasteiger partial charge in [-0.05, 0) is 32.5 Å². The number of pyridine rings is 1. The van der Waals surface area contributed by atoms with Crippen LogP contribution in [-0.4, -0.2) is 26.8 Å². The first-order valence-electron chi connectivity index (χ1n) is 6.72. The van der Waals surface area contributed by atoms with E-state index >= 15 is 0 Å². The van der Waals surface area contributed by atoms with E-state index in [2.05, 4.69) is 33.4 Å². The Hall–Kier alpha value is -1.75. The first kappa shape index (κ1) is 13.7. The summed E-state index contributed by atoms with van der Waals surface area (Å²) in [6, 6.07) is 6.27. The van der Waals surface area contributed by atoms with Crippen molar-refractivity contribution in [1.82, 2.24) is 25.1 Å². The second-order valence-electron chi connectivity index (χ2n) is 4.65. The van der Waals surface area contributed by atoms with Gasteiger partial charge in [-0.1, -0.05) is 13.0 Å². The summed E-state index contributed by atoms with van der Waals surface area (Å²) in [5.41, 5.74) is 2.08. The molecule has 2 aromatic rings. The van der Waals surface area contributed by atoms with Gasteiger partial charge in [0.25, 0.3) is 0 Å². The van der Waals surface area contributed by atoms with E-state index in [-0.39, 0.29) is 6.04 Å². The third-order valence-corrected chi connectivity index (χ3v) is 3.13. The predicted molar refractivity (Wildman–Crippen MR) is 74.8 cm³/mol. The molecular weight excluding hydrogens is 238 g/mol. The predicted octanol–water partition coefficient (Wildman–Crippen LogP) is 1.89. The van der Waals surface area contributed by atoms with Crippen LogP contribution in [0.3, 0.4) is 0 Å². The third kappa shape index (κ3) is 3.38. The molecule has 0 saturated heterocycles. The second-order valence-corrected chi connectivity index (χ2v) is 4.65. The molecule has 5 heteroatoms. The van der Waals surface area contributed by atoms with Gasteiger partial charge in [0.15, 0.2) is 0 Å². The Balaban J connectivity index is 2.17. The SMILES string of the molecule is CCCn1ncnc1CC(NC)c1cccc(C)n1. The number of nitrogens with one attached hydrogen (secondary N) is 1. The number of hydrogen-bond donors (Lipinski definition) is 1. The van der Waals surface area contributed by atoms with E-state index in [0.717, 1.165) is 36.6 Å². The summed E-state index contributed by atoms with van der Waals surface area (Å²) < 4.78 is 1.97. The van der Waals surface area contributed by atoms with Crippen molar-refractivity contribution in [2.75, 3.05) is 7.05 Å². The molecule has 0 fully saturated rings. The van der Waals surface area contributed by atoms with Crippen molar-refractivity contribution in [2.45, 2.75) is 39.3 Å². The number of rotatable bonds is 6. The largest absolute Gasteiger partial charge is 0.311 e. The minimum Gasteiger partial charge on any atom is -0.311 e. The molecule has 0 amide bonds. The van der Waals surface area contributed by atoms with Gasteiger partial charge in [-0.3, -0.25) is 9.67 Å². The first-order valence-corrected chi connectivity index (χ1v) is 6.72. The molecule has 19 heavy (non-hydrogen) atoms. The van der Waals surface area contributed by atoms with Crippen LogP contribution in [0.15, 0.2) is 24.5 Å². The van der Waals surface area contributed by atoms with Gasteiger partial charge < -0.3 is 5.32 Å². The Morgan fingerprint density at radius 1 is 1.37 bits per heavy atom. The topological polar surface area (TPSA) is 55.6 Å². The highest BCUT2D eigenvalue weighted by molar-refractivity contribution is 5.14. The quantitative estimate of drug-likeness (QED) is 0.860. The van der Waals surface area contributed by atoms with Gasteiger partial charge in [-0.15, -0.1) is 0 Å². The number of nitrogens with zero attached hydrogens (tertiary/aromatic N) is 4. The van der Waals surface area contributed by atoms with E-state index in [1.54, 1.807) is 6.33 Å². The van der Waals surface area contributed by atoms with E-state index in [9.17, 15) is 0 Å². The molecule has 0 saturated carbocycles. The summed E-state index contributed by atoms with van der Waals surface area (Å²) in [7, 11) is 1.95. The van der Waals surface area contributed by atoms with Crippen molar-refractivity contribution in [3.05, 3.63) is 41.7 Å². The van der Waals surface area contributed by atoms with E-state index in [0.29, 0.717) is 0 Å². The molecule has 1 N–H and O–H groups in total. The van der Waals surface area contributed by atoms with Crippen molar-refractivity contribution >= 4 is 0 Å². The van der Waals surface area contributed by atoms with Crippen molar-refractivity contribution in [1.29, 1.82) is 0 Å². The lowest BCUT2D eigenvalue weighted by atomic mass is 10.1. The number of aromatic nitrogens is 4. The zero-order valence-electron chi connectivity index (χ0n) is 11.8. The lowest BCUT2D eigenvalue weighted by Gasteiger charge is -2.16. The number of aryl methyl sites for hydroxylation is 2. The van der Waals surface area contributed by atoms with Crippen LogP contribution in [0, 0.1) is 6.92 Å². The maximum absolute atomic E-state index is 4.58. The van der Waals surface area contributed by atoms with Crippen LogP contribution in [0.25, 0.3) is 0 Å². The third-order valence-electron chi connectivity index (χ3n) is 3.13. The van der Waals surface area contributed by atoms with Gasteiger partial charge in [-0.2, -0.15) is 5.10 Å². The molecule has 2 aromatic heterocycles. The van der Waals surface area contributed by atoms with Crippen LogP contribution in [0.4, 0.5) is 0 Å². The number of likely N-dealkylation sites (N-methyl/N-ethyl adjacent to an activating group) is 1. The normalized spacial score (nSPS) is 12.6. The zero-order valence-corrected chi connectivity index (χ0v) is 11.8. The molecule has 0 aliphatic rings. The van der Waals surface area contributed by atoms with Crippen LogP contribution in [0.1, 0.15) is 36.6 Å². The smallest absolute Gasteiger partial charge is 0.138 e. The maximum Gasteiger partial charge on any atom is 0.138 e. The molecule has 2 heterocycles. The highest BCUT2D eigenvalue weighted by Crippen LogP contribution is 2.15. The minimum atomic E-state index is 0.166. The lowest BCUT2D eigenvalue weighted by Crippen LogP contribution is -2.22. The fourth-order valence-electron chi connectivity index (χ4n) is 2.14. The molecule has 0 aliphatic heterocycles. The fraction of sp³-hybridized carbons (Fsp3) is 0.500. The summed E-state index contributed by atoms with van der Waals surface area (Å²) >= 11 is 0. The fourth-order valence-corrected chi connectivity index (χ4v) is 2.14. The molecule has 102 valence electrons. The van der Waals surface area contributed by atoms with E-state index in [1.165, 1.54) is 0 Å². The standard InChI is InChI=1S/C14H21N5/c1-4-8-19-14(16-10-17-19)9-13(15-3)12-7-5-6-11(2)18-12/h5-7,10,13,15H,4,8-9H2,1-3H3. The average Bonchev–Trinajstić information content (AvgIpc) is 2.84. The van der Waals surface area contributed by atoms with E-state index < -0.39 is 0 Å². The van der Waals surface area contributed by atoms with Gasteiger partial charge in [0.1, 0.15) is 12.2 Å². The van der Waals surface area contributed by atoms with Crippen molar-refractivity contribution in [3.63, 3.8) is 0 Å². The lowest BCUT2D eigenvalue weighted by molar-refractivity contribution is 0.509. The molecule has 0 spiro atoms. The minimum absolute atomic E-state index is 0.166. The van der Waals surface area contributed by atoms with Crippen molar-refractivity contribution < 1.29 is 0 Å². The Morgan fingerprint density at radius 2 is 2.21 bits per heavy atom. The van der Waals surface area contributed by atoms with Gasteiger partial charge >= 0.3 is 0 Å². The molecule has 1 unspecified atom stereocenters.